The van der Waals surface area contributed by atoms with Crippen LogP contribution in [-0.2, 0) is 0 Å². The predicted octanol–water partition coefficient (Wildman–Crippen LogP) is 3.01. The second kappa shape index (κ2) is 5.27. The van der Waals surface area contributed by atoms with Gasteiger partial charge in [-0.05, 0) is 50.5 Å². The molecule has 100 valence electrons. The topological polar surface area (TPSA) is 29.3 Å². The van der Waals surface area contributed by atoms with Crippen LogP contribution in [0.15, 0.2) is 0 Å². The van der Waals surface area contributed by atoms with E-state index in [4.69, 9.17) is 5.73 Å². The van der Waals surface area contributed by atoms with Gasteiger partial charge in [0.15, 0.2) is 0 Å². The van der Waals surface area contributed by atoms with Gasteiger partial charge in [0.1, 0.15) is 0 Å². The first kappa shape index (κ1) is 13.4. The first-order valence-electron chi connectivity index (χ1n) is 7.50. The maximum Gasteiger partial charge on any atom is 0.0131 e. The van der Waals surface area contributed by atoms with E-state index < -0.39 is 0 Å². The lowest BCUT2D eigenvalue weighted by molar-refractivity contribution is 0.0727. The molecule has 1 saturated carbocycles. The van der Waals surface area contributed by atoms with Crippen LogP contribution in [0.2, 0.25) is 0 Å². The predicted molar refractivity (Wildman–Crippen MR) is 74.0 cm³/mol. The Labute approximate surface area is 107 Å². The van der Waals surface area contributed by atoms with E-state index in [1.54, 1.807) is 0 Å². The van der Waals surface area contributed by atoms with Gasteiger partial charge in [0, 0.05) is 18.6 Å². The van der Waals surface area contributed by atoms with Crippen LogP contribution in [-0.4, -0.2) is 30.1 Å². The van der Waals surface area contributed by atoms with Gasteiger partial charge < -0.3 is 10.6 Å². The lowest BCUT2D eigenvalue weighted by Crippen LogP contribution is -2.52. The van der Waals surface area contributed by atoms with Gasteiger partial charge in [-0.2, -0.15) is 0 Å². The third-order valence-electron chi connectivity index (χ3n) is 5.22. The molecule has 1 aliphatic carbocycles. The van der Waals surface area contributed by atoms with Crippen LogP contribution in [0.4, 0.5) is 0 Å². The second-order valence-electron chi connectivity index (χ2n) is 7.01. The first-order valence-corrected chi connectivity index (χ1v) is 7.50. The Hall–Kier alpha value is -0.0800. The number of piperidine rings is 1. The zero-order chi connectivity index (χ0) is 12.5. The smallest absolute Gasteiger partial charge is 0.0131 e. The number of nitrogens with zero attached hydrogens (tertiary/aromatic N) is 1. The fraction of sp³-hybridized carbons (Fsp3) is 1.00. The molecule has 17 heavy (non-hydrogen) atoms. The van der Waals surface area contributed by atoms with Crippen LogP contribution in [0.5, 0.6) is 0 Å². The van der Waals surface area contributed by atoms with Gasteiger partial charge in [0.25, 0.3) is 0 Å². The molecule has 3 unspecified atom stereocenters. The summed E-state index contributed by atoms with van der Waals surface area (Å²) in [5.74, 6) is 0.722. The standard InChI is InChI=1S/C15H30N2/c1-12-7-4-5-10-17(12)11-13-8-6-9-15(2,3)14(13)16/h12-14H,4-11,16H2,1-3H3. The van der Waals surface area contributed by atoms with Crippen molar-refractivity contribution in [3.05, 3.63) is 0 Å². The molecule has 0 aromatic heterocycles. The summed E-state index contributed by atoms with van der Waals surface area (Å²) in [7, 11) is 0. The molecule has 2 N–H and O–H groups in total. The largest absolute Gasteiger partial charge is 0.327 e. The monoisotopic (exact) mass is 238 g/mol. The SMILES string of the molecule is CC1CCCCN1CC1CCCC(C)(C)C1N. The fourth-order valence-corrected chi connectivity index (χ4v) is 3.74. The fourth-order valence-electron chi connectivity index (χ4n) is 3.74. The summed E-state index contributed by atoms with van der Waals surface area (Å²) in [5, 5.41) is 0. The van der Waals surface area contributed by atoms with Crippen LogP contribution in [0.3, 0.4) is 0 Å². The third-order valence-corrected chi connectivity index (χ3v) is 5.22. The number of likely N-dealkylation sites (tertiary alicyclic amines) is 1. The minimum atomic E-state index is 0.349. The third kappa shape index (κ3) is 3.03. The minimum absolute atomic E-state index is 0.349. The molecular weight excluding hydrogens is 208 g/mol. The van der Waals surface area contributed by atoms with E-state index in [9.17, 15) is 0 Å². The van der Waals surface area contributed by atoms with Gasteiger partial charge in [0.05, 0.1) is 0 Å². The van der Waals surface area contributed by atoms with E-state index >= 15 is 0 Å². The van der Waals surface area contributed by atoms with E-state index in [2.05, 4.69) is 25.7 Å². The number of hydrogen-bond donors (Lipinski definition) is 1. The van der Waals surface area contributed by atoms with Crippen molar-refractivity contribution in [1.82, 2.24) is 4.90 Å². The number of hydrogen-bond acceptors (Lipinski definition) is 2. The van der Waals surface area contributed by atoms with Crippen molar-refractivity contribution in [3.63, 3.8) is 0 Å². The number of nitrogens with two attached hydrogens (primary N) is 1. The molecule has 2 nitrogen and oxygen atoms in total. The minimum Gasteiger partial charge on any atom is -0.327 e. The summed E-state index contributed by atoms with van der Waals surface area (Å²) in [6.45, 7) is 9.63. The average molecular weight is 238 g/mol. The molecule has 2 fully saturated rings. The highest BCUT2D eigenvalue weighted by molar-refractivity contribution is 4.93. The summed E-state index contributed by atoms with van der Waals surface area (Å²) in [5.41, 5.74) is 6.84. The van der Waals surface area contributed by atoms with Crippen molar-refractivity contribution in [1.29, 1.82) is 0 Å². The summed E-state index contributed by atoms with van der Waals surface area (Å²) in [6, 6.07) is 1.17. The van der Waals surface area contributed by atoms with Crippen LogP contribution in [0.1, 0.15) is 59.3 Å². The van der Waals surface area contributed by atoms with Crippen molar-refractivity contribution >= 4 is 0 Å². The van der Waals surface area contributed by atoms with Gasteiger partial charge in [-0.25, -0.2) is 0 Å². The Balaban J connectivity index is 1.93. The average Bonchev–Trinajstić information content (AvgIpc) is 2.28. The molecule has 2 aliphatic rings. The Morgan fingerprint density at radius 1 is 1.18 bits per heavy atom. The molecule has 1 aliphatic heterocycles. The van der Waals surface area contributed by atoms with E-state index in [1.807, 2.05) is 0 Å². The maximum atomic E-state index is 6.49. The van der Waals surface area contributed by atoms with Gasteiger partial charge in [-0.15, -0.1) is 0 Å². The van der Waals surface area contributed by atoms with Crippen molar-refractivity contribution in [2.75, 3.05) is 13.1 Å². The zero-order valence-corrected chi connectivity index (χ0v) is 11.9. The molecule has 0 bridgehead atoms. The molecule has 0 aromatic carbocycles. The van der Waals surface area contributed by atoms with Gasteiger partial charge in [-0.3, -0.25) is 0 Å². The first-order chi connectivity index (χ1) is 8.00. The highest BCUT2D eigenvalue weighted by Gasteiger charge is 2.37. The van der Waals surface area contributed by atoms with E-state index in [0.29, 0.717) is 11.5 Å². The summed E-state index contributed by atoms with van der Waals surface area (Å²) < 4.78 is 0. The molecule has 0 amide bonds. The van der Waals surface area contributed by atoms with Gasteiger partial charge in [0.2, 0.25) is 0 Å². The van der Waals surface area contributed by atoms with Crippen LogP contribution in [0.25, 0.3) is 0 Å². The van der Waals surface area contributed by atoms with E-state index in [-0.39, 0.29) is 0 Å². The van der Waals surface area contributed by atoms with Crippen LogP contribution >= 0.6 is 0 Å². The highest BCUT2D eigenvalue weighted by Crippen LogP contribution is 2.38. The second-order valence-corrected chi connectivity index (χ2v) is 7.01. The van der Waals surface area contributed by atoms with Crippen LogP contribution < -0.4 is 5.73 Å². The molecule has 3 atom stereocenters. The van der Waals surface area contributed by atoms with Gasteiger partial charge >= 0.3 is 0 Å². The Morgan fingerprint density at radius 3 is 2.65 bits per heavy atom. The molecule has 2 heteroatoms. The Bertz CT molecular complexity index is 249. The quantitative estimate of drug-likeness (QED) is 0.801. The normalized spacial score (nSPS) is 39.2. The number of rotatable bonds is 2. The molecule has 1 saturated heterocycles. The molecule has 0 spiro atoms. The van der Waals surface area contributed by atoms with Crippen molar-refractivity contribution < 1.29 is 0 Å². The Kier molecular flexibility index (Phi) is 4.14. The Morgan fingerprint density at radius 2 is 1.94 bits per heavy atom. The summed E-state index contributed by atoms with van der Waals surface area (Å²) >= 11 is 0. The summed E-state index contributed by atoms with van der Waals surface area (Å²) in [6.07, 6.45) is 8.20. The molecule has 2 rings (SSSR count). The molecule has 1 heterocycles. The zero-order valence-electron chi connectivity index (χ0n) is 11.9. The van der Waals surface area contributed by atoms with E-state index in [0.717, 1.165) is 12.0 Å². The van der Waals surface area contributed by atoms with E-state index in [1.165, 1.54) is 51.6 Å². The van der Waals surface area contributed by atoms with Crippen molar-refractivity contribution in [2.24, 2.45) is 17.1 Å². The van der Waals surface area contributed by atoms with Crippen molar-refractivity contribution in [3.8, 4) is 0 Å². The van der Waals surface area contributed by atoms with Crippen LogP contribution in [0, 0.1) is 11.3 Å². The maximum absolute atomic E-state index is 6.49. The molecule has 0 radical (unpaired) electrons. The highest BCUT2D eigenvalue weighted by atomic mass is 15.2. The lowest BCUT2D eigenvalue weighted by atomic mass is 9.68. The molecule has 0 aromatic rings. The van der Waals surface area contributed by atoms with Gasteiger partial charge in [-0.1, -0.05) is 26.7 Å². The van der Waals surface area contributed by atoms with Crippen molar-refractivity contribution in [2.45, 2.75) is 71.4 Å². The molecular formula is C15H30N2. The lowest BCUT2D eigenvalue weighted by Gasteiger charge is -2.45. The summed E-state index contributed by atoms with van der Waals surface area (Å²) in [4.78, 5) is 2.69.